The highest BCUT2D eigenvalue weighted by atomic mass is 16.5. The van der Waals surface area contributed by atoms with Gasteiger partial charge in [0.25, 0.3) is 0 Å². The summed E-state index contributed by atoms with van der Waals surface area (Å²) >= 11 is 0. The van der Waals surface area contributed by atoms with Gasteiger partial charge in [0.1, 0.15) is 11.4 Å². The Balaban J connectivity index is 3.27. The molecular formula is C12H18N2O4. The first kappa shape index (κ1) is 14.3. The highest BCUT2D eigenvalue weighted by Gasteiger charge is 2.31. The molecule has 0 atom stereocenters. The molecule has 6 nitrogen and oxygen atoms in total. The van der Waals surface area contributed by atoms with Crippen LogP contribution in [0.1, 0.15) is 19.4 Å². The predicted molar refractivity (Wildman–Crippen MR) is 66.5 cm³/mol. The third-order valence-electron chi connectivity index (χ3n) is 2.84. The van der Waals surface area contributed by atoms with E-state index in [1.54, 1.807) is 32.0 Å². The van der Waals surface area contributed by atoms with Crippen molar-refractivity contribution in [1.29, 1.82) is 0 Å². The van der Waals surface area contributed by atoms with Crippen LogP contribution in [0.15, 0.2) is 18.2 Å². The van der Waals surface area contributed by atoms with Crippen molar-refractivity contribution in [3.63, 3.8) is 0 Å². The molecule has 0 bridgehead atoms. The van der Waals surface area contributed by atoms with Crippen molar-refractivity contribution in [2.45, 2.75) is 19.3 Å². The Hall–Kier alpha value is -1.79. The van der Waals surface area contributed by atoms with Crippen LogP contribution in [0.3, 0.4) is 0 Å². The Morgan fingerprint density at radius 1 is 1.39 bits per heavy atom. The van der Waals surface area contributed by atoms with Gasteiger partial charge in [0.2, 0.25) is 0 Å². The number of nitrogens with zero attached hydrogens (tertiary/aromatic N) is 1. The number of anilines is 1. The first-order valence-corrected chi connectivity index (χ1v) is 5.35. The summed E-state index contributed by atoms with van der Waals surface area (Å²) in [5.41, 5.74) is 0.0906. The van der Waals surface area contributed by atoms with Gasteiger partial charge >= 0.3 is 5.97 Å². The average molecular weight is 254 g/mol. The van der Waals surface area contributed by atoms with Crippen molar-refractivity contribution < 1.29 is 19.5 Å². The molecule has 3 N–H and O–H groups in total. The van der Waals surface area contributed by atoms with Crippen molar-refractivity contribution in [2.75, 3.05) is 19.4 Å². The standard InChI is InChI=1S/C12H18N2O4/c1-12(2,11(15)18-4)8-5-6-10(17-3)9(7-8)14(13)16/h5-7,16H,13H2,1-4H3. The average Bonchev–Trinajstić information content (AvgIpc) is 2.36. The third kappa shape index (κ3) is 2.55. The molecule has 0 unspecified atom stereocenters. The molecule has 0 heterocycles. The van der Waals surface area contributed by atoms with Gasteiger partial charge in [0.15, 0.2) is 0 Å². The summed E-state index contributed by atoms with van der Waals surface area (Å²) in [6.45, 7) is 3.45. The zero-order valence-corrected chi connectivity index (χ0v) is 10.9. The number of methoxy groups -OCH3 is 2. The molecule has 1 rings (SSSR count). The summed E-state index contributed by atoms with van der Waals surface area (Å²) < 4.78 is 9.81. The number of esters is 1. The van der Waals surface area contributed by atoms with Crippen LogP contribution in [0.2, 0.25) is 0 Å². The fourth-order valence-corrected chi connectivity index (χ4v) is 1.63. The number of carbonyl (C=O) groups excluding carboxylic acids is 1. The van der Waals surface area contributed by atoms with Crippen molar-refractivity contribution in [3.05, 3.63) is 23.8 Å². The molecule has 100 valence electrons. The van der Waals surface area contributed by atoms with Crippen LogP contribution in [0.5, 0.6) is 5.75 Å². The third-order valence-corrected chi connectivity index (χ3v) is 2.84. The van der Waals surface area contributed by atoms with Gasteiger partial charge in [0, 0.05) is 0 Å². The lowest BCUT2D eigenvalue weighted by molar-refractivity contribution is -0.146. The van der Waals surface area contributed by atoms with Crippen molar-refractivity contribution in [3.8, 4) is 5.75 Å². The number of nitrogens with two attached hydrogens (primary N) is 1. The SMILES string of the molecule is COC(=O)C(C)(C)c1ccc(OC)c(N(N)O)c1. The minimum absolute atomic E-state index is 0.270. The van der Waals surface area contributed by atoms with Crippen molar-refractivity contribution in [2.24, 2.45) is 5.84 Å². The summed E-state index contributed by atoms with van der Waals surface area (Å²) in [6, 6.07) is 4.93. The Morgan fingerprint density at radius 2 is 2.00 bits per heavy atom. The van der Waals surface area contributed by atoms with Gasteiger partial charge in [-0.1, -0.05) is 6.07 Å². The Labute approximate surface area is 106 Å². The first-order chi connectivity index (χ1) is 8.34. The van der Waals surface area contributed by atoms with E-state index in [1.807, 2.05) is 0 Å². The van der Waals surface area contributed by atoms with Gasteiger partial charge < -0.3 is 9.47 Å². The molecule has 0 spiro atoms. The topological polar surface area (TPSA) is 85.0 Å². The first-order valence-electron chi connectivity index (χ1n) is 5.35. The van der Waals surface area contributed by atoms with Gasteiger partial charge in [-0.05, 0) is 31.5 Å². The second-order valence-electron chi connectivity index (χ2n) is 4.35. The van der Waals surface area contributed by atoms with Crippen molar-refractivity contribution in [1.82, 2.24) is 0 Å². The smallest absolute Gasteiger partial charge is 0.315 e. The van der Waals surface area contributed by atoms with Gasteiger partial charge in [-0.3, -0.25) is 10.0 Å². The highest BCUT2D eigenvalue weighted by Crippen LogP contribution is 2.33. The van der Waals surface area contributed by atoms with Crippen LogP contribution in [-0.4, -0.2) is 25.4 Å². The van der Waals surface area contributed by atoms with E-state index in [9.17, 15) is 10.0 Å². The van der Waals surface area contributed by atoms with E-state index < -0.39 is 5.41 Å². The van der Waals surface area contributed by atoms with Crippen molar-refractivity contribution >= 4 is 11.7 Å². The van der Waals surface area contributed by atoms with E-state index in [0.29, 0.717) is 16.5 Å². The van der Waals surface area contributed by atoms with Crippen LogP contribution in [0.4, 0.5) is 5.69 Å². The summed E-state index contributed by atoms with van der Waals surface area (Å²) in [7, 11) is 2.79. The molecule has 0 aliphatic rings. The second-order valence-corrected chi connectivity index (χ2v) is 4.35. The predicted octanol–water partition coefficient (Wildman–Crippen LogP) is 1.22. The van der Waals surface area contributed by atoms with Crippen LogP contribution in [0, 0.1) is 0 Å². The molecule has 0 radical (unpaired) electrons. The van der Waals surface area contributed by atoms with E-state index in [0.717, 1.165) is 0 Å². The van der Waals surface area contributed by atoms with E-state index in [2.05, 4.69) is 0 Å². The molecular weight excluding hydrogens is 236 g/mol. The highest BCUT2D eigenvalue weighted by molar-refractivity contribution is 5.82. The number of hydrogen-bond acceptors (Lipinski definition) is 6. The van der Waals surface area contributed by atoms with E-state index in [1.165, 1.54) is 14.2 Å². The molecule has 0 saturated heterocycles. The van der Waals surface area contributed by atoms with Gasteiger partial charge in [-0.25, -0.2) is 5.84 Å². The van der Waals surface area contributed by atoms with Gasteiger partial charge in [-0.2, -0.15) is 5.17 Å². The van der Waals surface area contributed by atoms with Gasteiger partial charge in [0.05, 0.1) is 19.6 Å². The lowest BCUT2D eigenvalue weighted by Crippen LogP contribution is -2.31. The lowest BCUT2D eigenvalue weighted by atomic mass is 9.84. The second kappa shape index (κ2) is 5.24. The van der Waals surface area contributed by atoms with Crippen LogP contribution in [0.25, 0.3) is 0 Å². The maximum absolute atomic E-state index is 11.7. The molecule has 0 amide bonds. The number of rotatable bonds is 4. The number of hydrazine groups is 1. The zero-order valence-electron chi connectivity index (χ0n) is 10.9. The quantitative estimate of drug-likeness (QED) is 0.477. The summed E-state index contributed by atoms with van der Waals surface area (Å²) in [6.07, 6.45) is 0. The minimum Gasteiger partial charge on any atom is -0.494 e. The monoisotopic (exact) mass is 254 g/mol. The minimum atomic E-state index is -0.841. The molecule has 0 fully saturated rings. The van der Waals surface area contributed by atoms with E-state index in [4.69, 9.17) is 15.3 Å². The molecule has 0 aromatic heterocycles. The Kier molecular flexibility index (Phi) is 4.15. The lowest BCUT2D eigenvalue weighted by Gasteiger charge is -2.24. The fourth-order valence-electron chi connectivity index (χ4n) is 1.63. The Bertz CT molecular complexity index is 444. The summed E-state index contributed by atoms with van der Waals surface area (Å²) in [5, 5.41) is 9.79. The molecule has 0 aliphatic carbocycles. The normalized spacial score (nSPS) is 11.0. The largest absolute Gasteiger partial charge is 0.494 e. The van der Waals surface area contributed by atoms with Crippen LogP contribution < -0.4 is 15.8 Å². The summed E-state index contributed by atoms with van der Waals surface area (Å²) in [4.78, 5) is 11.7. The number of benzene rings is 1. The van der Waals surface area contributed by atoms with E-state index >= 15 is 0 Å². The number of hydrogen-bond donors (Lipinski definition) is 2. The molecule has 1 aromatic rings. The van der Waals surface area contributed by atoms with Crippen LogP contribution >= 0.6 is 0 Å². The van der Waals surface area contributed by atoms with Crippen LogP contribution in [-0.2, 0) is 14.9 Å². The molecule has 0 aliphatic heterocycles. The Morgan fingerprint density at radius 3 is 2.44 bits per heavy atom. The number of carbonyl (C=O) groups is 1. The molecule has 6 heteroatoms. The number of ether oxygens (including phenoxy) is 2. The van der Waals surface area contributed by atoms with E-state index in [-0.39, 0.29) is 11.7 Å². The van der Waals surface area contributed by atoms with Gasteiger partial charge in [-0.15, -0.1) is 0 Å². The molecule has 0 saturated carbocycles. The maximum atomic E-state index is 11.7. The zero-order chi connectivity index (χ0) is 13.9. The fraction of sp³-hybridized carbons (Fsp3) is 0.417. The molecule has 1 aromatic carbocycles. The maximum Gasteiger partial charge on any atom is 0.315 e. The molecule has 18 heavy (non-hydrogen) atoms. The summed E-state index contributed by atoms with van der Waals surface area (Å²) in [5.74, 6) is 5.34.